The van der Waals surface area contributed by atoms with E-state index < -0.39 is 0 Å². The molecule has 0 aliphatic heterocycles. The molecule has 0 unspecified atom stereocenters. The van der Waals surface area contributed by atoms with Crippen molar-refractivity contribution in [3.63, 3.8) is 0 Å². The molecule has 8 heteroatoms. The maximum absolute atomic E-state index is 13.3. The fraction of sp³-hybridized carbons (Fsp3) is 0.227. The van der Waals surface area contributed by atoms with Gasteiger partial charge in [-0.2, -0.15) is 0 Å². The van der Waals surface area contributed by atoms with Gasteiger partial charge in [-0.15, -0.1) is 5.10 Å². The van der Waals surface area contributed by atoms with Gasteiger partial charge >= 0.3 is 0 Å². The van der Waals surface area contributed by atoms with Gasteiger partial charge in [-0.3, -0.25) is 0 Å². The molecular formula is C22H22FN5O2. The zero-order valence-corrected chi connectivity index (χ0v) is 17.2. The summed E-state index contributed by atoms with van der Waals surface area (Å²) in [5.41, 5.74) is 3.35. The molecule has 0 aliphatic carbocycles. The molecule has 0 saturated carbocycles. The average Bonchev–Trinajstić information content (AvgIpc) is 3.05. The molecule has 4 aromatic rings. The van der Waals surface area contributed by atoms with E-state index in [1.165, 1.54) is 12.1 Å². The van der Waals surface area contributed by atoms with Crippen molar-refractivity contribution < 1.29 is 13.9 Å². The number of nitrogens with zero attached hydrogens (tertiary/aromatic N) is 4. The summed E-state index contributed by atoms with van der Waals surface area (Å²) in [7, 11) is 3.21. The van der Waals surface area contributed by atoms with Crippen molar-refractivity contribution in [2.24, 2.45) is 0 Å². The van der Waals surface area contributed by atoms with Gasteiger partial charge in [0.25, 0.3) is 0 Å². The van der Waals surface area contributed by atoms with Crippen molar-refractivity contribution in [2.75, 3.05) is 19.5 Å². The molecule has 4 rings (SSSR count). The minimum Gasteiger partial charge on any atom is -0.493 e. The largest absolute Gasteiger partial charge is 0.493 e. The first-order valence-corrected chi connectivity index (χ1v) is 9.45. The number of ether oxygens (including phenoxy) is 2. The van der Waals surface area contributed by atoms with Crippen LogP contribution in [0.25, 0.3) is 16.9 Å². The maximum atomic E-state index is 13.3. The van der Waals surface area contributed by atoms with Gasteiger partial charge in [0.1, 0.15) is 17.2 Å². The van der Waals surface area contributed by atoms with Crippen molar-refractivity contribution >= 4 is 11.3 Å². The lowest BCUT2D eigenvalue weighted by molar-refractivity contribution is 0.354. The summed E-state index contributed by atoms with van der Waals surface area (Å²) in [5, 5.41) is 7.99. The van der Waals surface area contributed by atoms with E-state index >= 15 is 0 Å². The zero-order valence-electron chi connectivity index (χ0n) is 17.2. The lowest BCUT2D eigenvalue weighted by Crippen LogP contribution is -2.08. The van der Waals surface area contributed by atoms with E-state index in [1.807, 2.05) is 32.0 Å². The molecule has 30 heavy (non-hydrogen) atoms. The first-order chi connectivity index (χ1) is 14.5. The quantitative estimate of drug-likeness (QED) is 0.517. The van der Waals surface area contributed by atoms with Crippen LogP contribution in [-0.4, -0.2) is 33.8 Å². The van der Waals surface area contributed by atoms with Crippen molar-refractivity contribution in [3.05, 3.63) is 65.4 Å². The molecule has 0 spiro atoms. The number of nitrogens with one attached hydrogen (secondary N) is 1. The molecule has 0 saturated heterocycles. The van der Waals surface area contributed by atoms with E-state index in [0.29, 0.717) is 29.7 Å². The Kier molecular flexibility index (Phi) is 5.22. The predicted octanol–water partition coefficient (Wildman–Crippen LogP) is 4.18. The molecule has 7 nitrogen and oxygen atoms in total. The normalized spacial score (nSPS) is 11.0. The molecule has 0 aliphatic rings. The number of methoxy groups -OCH3 is 2. The molecular weight excluding hydrogens is 385 g/mol. The summed E-state index contributed by atoms with van der Waals surface area (Å²) in [5.74, 6) is 2.92. The van der Waals surface area contributed by atoms with Gasteiger partial charge in [-0.1, -0.05) is 6.07 Å². The van der Waals surface area contributed by atoms with Crippen molar-refractivity contribution in [1.82, 2.24) is 19.6 Å². The summed E-state index contributed by atoms with van der Waals surface area (Å²) < 4.78 is 25.8. The van der Waals surface area contributed by atoms with Crippen molar-refractivity contribution in [2.45, 2.75) is 20.4 Å². The highest BCUT2D eigenvalue weighted by molar-refractivity contribution is 5.73. The minimum absolute atomic E-state index is 0.304. The Bertz CT molecular complexity index is 1200. The summed E-state index contributed by atoms with van der Waals surface area (Å²) in [4.78, 5) is 9.23. The number of hydrogen-bond donors (Lipinski definition) is 1. The lowest BCUT2D eigenvalue weighted by atomic mass is 10.2. The third-order valence-electron chi connectivity index (χ3n) is 4.84. The number of benzene rings is 2. The van der Waals surface area contributed by atoms with E-state index in [9.17, 15) is 4.39 Å². The van der Waals surface area contributed by atoms with Crippen LogP contribution in [0.3, 0.4) is 0 Å². The van der Waals surface area contributed by atoms with Crippen LogP contribution in [0.15, 0.2) is 42.5 Å². The Hall–Kier alpha value is -3.68. The standard InChI is InChI=1S/C22H22FN5O2/c1-13-20-22(24-12-15-5-10-18(29-3)19(11-15)30-4)26-21(27-28(20)14(2)25-13)16-6-8-17(23)9-7-16/h5-11H,12H2,1-4H3,(H,24,26,27). The summed E-state index contributed by atoms with van der Waals surface area (Å²) in [6, 6.07) is 11.9. The number of hydrogen-bond acceptors (Lipinski definition) is 6. The second-order valence-corrected chi connectivity index (χ2v) is 6.84. The minimum atomic E-state index is -0.304. The fourth-order valence-electron chi connectivity index (χ4n) is 3.35. The van der Waals surface area contributed by atoms with Gasteiger partial charge in [0.2, 0.25) is 0 Å². The zero-order chi connectivity index (χ0) is 21.3. The molecule has 2 aromatic heterocycles. The number of aromatic nitrogens is 4. The van der Waals surface area contributed by atoms with E-state index in [1.54, 1.807) is 30.9 Å². The third kappa shape index (κ3) is 3.63. The Balaban J connectivity index is 1.73. The highest BCUT2D eigenvalue weighted by Crippen LogP contribution is 2.29. The average molecular weight is 407 g/mol. The van der Waals surface area contributed by atoms with Gasteiger partial charge in [-0.05, 0) is 55.8 Å². The van der Waals surface area contributed by atoms with Gasteiger partial charge in [0.15, 0.2) is 23.1 Å². The number of fused-ring (bicyclic) bond motifs is 1. The Labute approximate surface area is 173 Å². The van der Waals surface area contributed by atoms with E-state index in [4.69, 9.17) is 14.5 Å². The van der Waals surface area contributed by atoms with Crippen LogP contribution in [0.4, 0.5) is 10.2 Å². The van der Waals surface area contributed by atoms with Gasteiger partial charge < -0.3 is 14.8 Å². The van der Waals surface area contributed by atoms with Crippen LogP contribution >= 0.6 is 0 Å². The molecule has 2 heterocycles. The van der Waals surface area contributed by atoms with Crippen LogP contribution in [0.1, 0.15) is 17.1 Å². The number of aryl methyl sites for hydroxylation is 2. The summed E-state index contributed by atoms with van der Waals surface area (Å²) in [6.45, 7) is 4.32. The van der Waals surface area contributed by atoms with Crippen LogP contribution in [0.5, 0.6) is 11.5 Å². The van der Waals surface area contributed by atoms with Crippen molar-refractivity contribution in [1.29, 1.82) is 0 Å². The summed E-state index contributed by atoms with van der Waals surface area (Å²) >= 11 is 0. The molecule has 0 atom stereocenters. The second-order valence-electron chi connectivity index (χ2n) is 6.84. The smallest absolute Gasteiger partial charge is 0.182 e. The first kappa shape index (κ1) is 19.6. The third-order valence-corrected chi connectivity index (χ3v) is 4.84. The highest BCUT2D eigenvalue weighted by atomic mass is 19.1. The molecule has 154 valence electrons. The van der Waals surface area contributed by atoms with Crippen LogP contribution in [-0.2, 0) is 6.54 Å². The summed E-state index contributed by atoms with van der Waals surface area (Å²) in [6.07, 6.45) is 0. The number of anilines is 1. The van der Waals surface area contributed by atoms with Gasteiger partial charge in [0.05, 0.1) is 19.9 Å². The van der Waals surface area contributed by atoms with Crippen LogP contribution in [0, 0.1) is 19.7 Å². The number of halogens is 1. The molecule has 1 N–H and O–H groups in total. The molecule has 0 amide bonds. The highest BCUT2D eigenvalue weighted by Gasteiger charge is 2.16. The lowest BCUT2D eigenvalue weighted by Gasteiger charge is -2.12. The maximum Gasteiger partial charge on any atom is 0.182 e. The molecule has 0 radical (unpaired) electrons. The van der Waals surface area contributed by atoms with E-state index in [0.717, 1.165) is 28.2 Å². The molecule has 0 bridgehead atoms. The predicted molar refractivity (Wildman–Crippen MR) is 113 cm³/mol. The first-order valence-electron chi connectivity index (χ1n) is 9.45. The van der Waals surface area contributed by atoms with Crippen molar-refractivity contribution in [3.8, 4) is 22.9 Å². The Morgan fingerprint density at radius 1 is 0.967 bits per heavy atom. The van der Waals surface area contributed by atoms with Crippen LogP contribution in [0.2, 0.25) is 0 Å². The van der Waals surface area contributed by atoms with Gasteiger partial charge in [-0.25, -0.2) is 18.9 Å². The topological polar surface area (TPSA) is 73.6 Å². The molecule has 2 aromatic carbocycles. The SMILES string of the molecule is COc1ccc(CNc2nc(-c3ccc(F)cc3)nn3c(C)nc(C)c23)cc1OC. The van der Waals surface area contributed by atoms with E-state index in [-0.39, 0.29) is 5.82 Å². The Morgan fingerprint density at radius 2 is 1.70 bits per heavy atom. The monoisotopic (exact) mass is 407 g/mol. The fourth-order valence-corrected chi connectivity index (χ4v) is 3.35. The molecule has 0 fully saturated rings. The van der Waals surface area contributed by atoms with Crippen LogP contribution < -0.4 is 14.8 Å². The number of imidazole rings is 1. The van der Waals surface area contributed by atoms with E-state index in [2.05, 4.69) is 15.4 Å². The Morgan fingerprint density at radius 3 is 2.40 bits per heavy atom. The second kappa shape index (κ2) is 7.98. The van der Waals surface area contributed by atoms with Gasteiger partial charge in [0, 0.05) is 12.1 Å². The number of rotatable bonds is 6.